The zero-order valence-electron chi connectivity index (χ0n) is 42.7. The number of aromatic hydroxyl groups is 2. The third-order valence-electron chi connectivity index (χ3n) is 11.1. The molecule has 0 spiro atoms. The van der Waals surface area contributed by atoms with Gasteiger partial charge in [0.1, 0.15) is 37.4 Å². The molecule has 0 saturated heterocycles. The molecule has 33 heteroatoms. The number of fused-ring (bicyclic) bond motifs is 1. The monoisotopic (exact) mass is 1210 g/mol. The van der Waals surface area contributed by atoms with Gasteiger partial charge in [0, 0.05) is 30.9 Å². The van der Waals surface area contributed by atoms with Crippen LogP contribution in [-0.4, -0.2) is 98.8 Å². The van der Waals surface area contributed by atoms with Gasteiger partial charge in [-0.05, 0) is 60.7 Å². The molecule has 0 bridgehead atoms. The average Bonchev–Trinajstić information content (AvgIpc) is 3.32. The van der Waals surface area contributed by atoms with Gasteiger partial charge in [-0.15, -0.1) is 5.11 Å². The molecule has 426 valence electrons. The smallest absolute Gasteiger partial charge is 0.744 e. The van der Waals surface area contributed by atoms with E-state index in [-0.39, 0.29) is 83.0 Å². The number of nitrogens with zero attached hydrogens (tertiary/aromatic N) is 2. The van der Waals surface area contributed by atoms with Gasteiger partial charge in [0.15, 0.2) is 11.5 Å². The van der Waals surface area contributed by atoms with Crippen LogP contribution in [0.25, 0.3) is 10.8 Å². The second-order valence-electron chi connectivity index (χ2n) is 17.2. The van der Waals surface area contributed by atoms with Crippen molar-refractivity contribution >= 4 is 87.3 Å². The number of benzene rings is 4. The molecular formula is C46H51F8N5Na2O15S3. The van der Waals surface area contributed by atoms with Crippen molar-refractivity contribution in [1.82, 2.24) is 0 Å². The summed E-state index contributed by atoms with van der Waals surface area (Å²) in [5.74, 6) is -29.6. The average molecular weight is 1210 g/mol. The Bertz CT molecular complexity index is 3170. The van der Waals surface area contributed by atoms with Crippen LogP contribution in [0.15, 0.2) is 74.6 Å². The number of azo groups is 1. The number of carbonyl (C=O) groups is 3. The van der Waals surface area contributed by atoms with Crippen LogP contribution in [0.3, 0.4) is 0 Å². The number of hydrogen-bond acceptors (Lipinski definition) is 17. The zero-order chi connectivity index (χ0) is 57.7. The Labute approximate surface area is 493 Å². The number of halogens is 8. The zero-order valence-corrected chi connectivity index (χ0v) is 49.2. The minimum absolute atomic E-state index is 0. The van der Waals surface area contributed by atoms with Crippen molar-refractivity contribution < 1.29 is 162 Å². The molecule has 0 fully saturated rings. The quantitative estimate of drug-likeness (QED) is 0.00921. The number of ether oxygens (including phenoxy) is 1. The SMILES string of the molecule is CCCCCCCCCCCCCC(=O)Nc1cc(O)c(NC(=O)C(F)(F)C(F)(F)C(F)(F)C(F)F)cc1OS(=O)(=O)CCCOc1ccc(N=Nc2c(S(=O)(=O)[O-])cc3cc(S(=O)(=O)[O-])cc(NC(C)=O)c3c2O)cc1.[Na+].[Na+]. The minimum atomic E-state index is -7.00. The second kappa shape index (κ2) is 30.0. The van der Waals surface area contributed by atoms with Crippen molar-refractivity contribution in [2.75, 3.05) is 28.3 Å². The van der Waals surface area contributed by atoms with Gasteiger partial charge in [-0.1, -0.05) is 71.1 Å². The molecule has 3 amide bonds. The number of hydrogen-bond donors (Lipinski definition) is 5. The molecule has 4 aromatic rings. The van der Waals surface area contributed by atoms with Crippen LogP contribution in [0.4, 0.5) is 63.6 Å². The number of rotatable bonds is 30. The number of nitrogens with one attached hydrogen (secondary N) is 3. The maximum atomic E-state index is 14.4. The van der Waals surface area contributed by atoms with E-state index in [0.717, 1.165) is 63.6 Å². The molecule has 0 atom stereocenters. The van der Waals surface area contributed by atoms with Crippen molar-refractivity contribution in [2.24, 2.45) is 10.2 Å². The summed E-state index contributed by atoms with van der Waals surface area (Å²) in [7, 11) is -15.6. The first-order valence-electron chi connectivity index (χ1n) is 23.2. The molecule has 4 rings (SSSR count). The number of carbonyl (C=O) groups excluding carboxylic acids is 3. The number of anilines is 3. The summed E-state index contributed by atoms with van der Waals surface area (Å²) in [5, 5.41) is 33.6. The Morgan fingerprint density at radius 3 is 1.80 bits per heavy atom. The summed E-state index contributed by atoms with van der Waals surface area (Å²) >= 11 is 0. The summed E-state index contributed by atoms with van der Waals surface area (Å²) in [6.45, 7) is 2.68. The van der Waals surface area contributed by atoms with Gasteiger partial charge >= 0.3 is 99.3 Å². The summed E-state index contributed by atoms with van der Waals surface area (Å²) in [5.41, 5.74) is -3.57. The molecule has 0 aromatic heterocycles. The van der Waals surface area contributed by atoms with Crippen LogP contribution in [0, 0.1) is 0 Å². The molecule has 0 aliphatic carbocycles. The van der Waals surface area contributed by atoms with Gasteiger partial charge in [0.05, 0.1) is 44.9 Å². The Morgan fingerprint density at radius 2 is 1.27 bits per heavy atom. The number of unbranched alkanes of at least 4 members (excludes halogenated alkanes) is 10. The number of phenols is 2. The van der Waals surface area contributed by atoms with Crippen LogP contribution in [-0.2, 0) is 44.7 Å². The third-order valence-corrected chi connectivity index (χ3v) is 14.0. The van der Waals surface area contributed by atoms with E-state index in [1.54, 1.807) is 0 Å². The first kappa shape index (κ1) is 70.7. The maximum Gasteiger partial charge on any atom is 1.00 e. The van der Waals surface area contributed by atoms with Gasteiger partial charge in [0.25, 0.3) is 0 Å². The predicted molar refractivity (Wildman–Crippen MR) is 258 cm³/mol. The molecule has 20 nitrogen and oxygen atoms in total. The van der Waals surface area contributed by atoms with Gasteiger partial charge in [-0.25, -0.2) is 25.6 Å². The summed E-state index contributed by atoms with van der Waals surface area (Å²) in [6, 6.07) is 7.49. The maximum absolute atomic E-state index is 14.4. The van der Waals surface area contributed by atoms with Crippen LogP contribution < -0.4 is 84.0 Å². The molecule has 0 aliphatic heterocycles. The van der Waals surface area contributed by atoms with Crippen molar-refractivity contribution in [3.63, 3.8) is 0 Å². The van der Waals surface area contributed by atoms with Gasteiger partial charge in [-0.2, -0.15) is 39.9 Å². The largest absolute Gasteiger partial charge is 1.00 e. The van der Waals surface area contributed by atoms with E-state index in [1.165, 1.54) is 30.7 Å². The third kappa shape index (κ3) is 19.6. The van der Waals surface area contributed by atoms with Crippen LogP contribution >= 0.6 is 0 Å². The molecule has 4 aromatic carbocycles. The standard InChI is InChI=1S/C46H53F8N5O15S3.2Na/c1-3-4-5-6-7-8-9-10-11-12-13-15-38(62)56-33-25-35(61)32(57-43(64)45(51,52)46(53,54)44(49,50)42(47)48)26-36(33)74-75(65,66)21-14-20-73-30-18-16-29(17-19-30)58-59-40-37(77(70,71)72)23-28-22-31(76(67,68)69)24-34(55-27(2)60)39(28)41(40)63;;/h16-19,22-26,42,61,63H,3-15,20-21H2,1-2H3,(H,55,60)(H,56,62)(H,57,64)(H,67,68,69)(H,70,71,72);;/q;2*+1/p-2. The van der Waals surface area contributed by atoms with Crippen molar-refractivity contribution in [3.8, 4) is 23.0 Å². The number of amides is 3. The molecule has 0 aliphatic rings. The van der Waals surface area contributed by atoms with Crippen LogP contribution in [0.1, 0.15) is 97.3 Å². The molecule has 79 heavy (non-hydrogen) atoms. The van der Waals surface area contributed by atoms with E-state index in [2.05, 4.69) is 27.8 Å². The van der Waals surface area contributed by atoms with Crippen molar-refractivity contribution in [2.45, 2.75) is 131 Å². The van der Waals surface area contributed by atoms with E-state index in [0.29, 0.717) is 37.1 Å². The topological polar surface area (TPSA) is 319 Å². The Morgan fingerprint density at radius 1 is 0.696 bits per heavy atom. The number of alkyl halides is 8. The minimum Gasteiger partial charge on any atom is -0.744 e. The van der Waals surface area contributed by atoms with Crippen molar-refractivity contribution in [3.05, 3.63) is 54.6 Å². The van der Waals surface area contributed by atoms with E-state index in [9.17, 15) is 94.1 Å². The Kier molecular flexibility index (Phi) is 26.9. The van der Waals surface area contributed by atoms with Gasteiger partial charge < -0.3 is 44.2 Å². The fraction of sp³-hybridized carbons (Fsp3) is 0.457. The molecular weight excluding hydrogens is 1160 g/mol. The first-order chi connectivity index (χ1) is 35.7. The van der Waals surface area contributed by atoms with E-state index in [1.807, 2.05) is 0 Å². The summed E-state index contributed by atoms with van der Waals surface area (Å²) < 4.78 is 218. The predicted octanol–water partition coefficient (Wildman–Crippen LogP) is 4.37. The number of phenolic OH excluding ortho intramolecular Hbond substituents is 2. The molecule has 0 radical (unpaired) electrons. The fourth-order valence-corrected chi connectivity index (χ4v) is 9.33. The van der Waals surface area contributed by atoms with Crippen molar-refractivity contribution in [1.29, 1.82) is 0 Å². The molecule has 0 unspecified atom stereocenters. The Balaban J connectivity index is 0.0000107. The van der Waals surface area contributed by atoms with Crippen LogP contribution in [0.2, 0.25) is 0 Å². The normalized spacial score (nSPS) is 12.5. The molecule has 0 saturated carbocycles. The fourth-order valence-electron chi connectivity index (χ4n) is 7.19. The molecule has 5 N–H and O–H groups in total. The molecule has 0 heterocycles. The second-order valence-corrected chi connectivity index (χ2v) is 21.6. The van der Waals surface area contributed by atoms with Gasteiger partial charge in [-0.3, -0.25) is 14.4 Å². The Hall–Kier alpha value is -4.44. The van der Waals surface area contributed by atoms with Gasteiger partial charge in [0.2, 0.25) is 11.8 Å². The van der Waals surface area contributed by atoms with E-state index < -0.39 is 152 Å². The van der Waals surface area contributed by atoms with E-state index in [4.69, 9.17) is 8.92 Å². The summed E-state index contributed by atoms with van der Waals surface area (Å²) in [4.78, 5) is 34.9. The van der Waals surface area contributed by atoms with E-state index >= 15 is 0 Å². The van der Waals surface area contributed by atoms with Crippen LogP contribution in [0.5, 0.6) is 23.0 Å². The summed E-state index contributed by atoms with van der Waals surface area (Å²) in [6.07, 6.45) is 4.36. The first-order valence-corrected chi connectivity index (χ1v) is 27.6.